The van der Waals surface area contributed by atoms with Gasteiger partial charge in [-0.15, -0.1) is 18.4 Å². The summed E-state index contributed by atoms with van der Waals surface area (Å²) in [5, 5.41) is 4.34. The maximum Gasteiger partial charge on any atom is 0.262 e. The minimum Gasteiger partial charge on any atom is -0.397 e. The molecule has 6 heteroatoms. The molecule has 3 aromatic heterocycles. The first-order valence-corrected chi connectivity index (χ1v) is 7.04. The molecule has 0 aromatic carbocycles. The molecule has 0 spiro atoms. The van der Waals surface area contributed by atoms with Gasteiger partial charge in [0.25, 0.3) is 5.56 Å². The lowest BCUT2D eigenvalue weighted by molar-refractivity contribution is 0.646. The number of nitrogens with zero attached hydrogens (tertiary/aromatic N) is 3. The lowest BCUT2D eigenvalue weighted by Gasteiger charge is -2.02. The first-order chi connectivity index (χ1) is 10.7. The third kappa shape index (κ3) is 2.07. The number of allylic oxidation sites excluding steroid dienone is 1. The second-order valence-electron chi connectivity index (χ2n) is 5.00. The molecule has 0 bridgehead atoms. The molecule has 0 saturated heterocycles. The molecule has 3 N–H and O–H groups in total. The van der Waals surface area contributed by atoms with Gasteiger partial charge in [-0.25, -0.2) is 4.98 Å². The average Bonchev–Trinajstić information content (AvgIpc) is 3.03. The van der Waals surface area contributed by atoms with E-state index in [1.54, 1.807) is 23.0 Å². The molecule has 22 heavy (non-hydrogen) atoms. The molecule has 0 saturated carbocycles. The summed E-state index contributed by atoms with van der Waals surface area (Å²) in [5.74, 6) is 5.89. The second kappa shape index (κ2) is 5.45. The van der Waals surface area contributed by atoms with Gasteiger partial charge in [-0.05, 0) is 6.92 Å². The molecule has 0 amide bonds. The Morgan fingerprint density at radius 3 is 3.09 bits per heavy atom. The Morgan fingerprint density at radius 2 is 2.36 bits per heavy atom. The minimum absolute atomic E-state index is 0.133. The Kier molecular flexibility index (Phi) is 3.47. The van der Waals surface area contributed by atoms with Gasteiger partial charge in [-0.1, -0.05) is 6.08 Å². The molecule has 0 aliphatic carbocycles. The van der Waals surface area contributed by atoms with Crippen molar-refractivity contribution in [3.8, 4) is 11.8 Å². The smallest absolute Gasteiger partial charge is 0.262 e. The van der Waals surface area contributed by atoms with Crippen LogP contribution in [-0.4, -0.2) is 19.3 Å². The molecule has 0 aliphatic heterocycles. The molecular formula is C16H17N5O. The zero-order chi connectivity index (χ0) is 15.7. The van der Waals surface area contributed by atoms with Crippen molar-refractivity contribution in [3.63, 3.8) is 0 Å². The molecule has 3 heterocycles. The van der Waals surface area contributed by atoms with Crippen molar-refractivity contribution >= 4 is 27.6 Å². The minimum atomic E-state index is -0.133. The summed E-state index contributed by atoms with van der Waals surface area (Å²) in [5.41, 5.74) is 7.86. The number of nitrogen functional groups attached to an aromatic ring is 1. The van der Waals surface area contributed by atoms with E-state index in [4.69, 9.17) is 5.73 Å². The van der Waals surface area contributed by atoms with Gasteiger partial charge in [0, 0.05) is 25.4 Å². The number of aryl methyl sites for hydroxylation is 1. The summed E-state index contributed by atoms with van der Waals surface area (Å²) < 4.78 is 3.46. The SMILES string of the molecule is C=CCn1cc2nc3c(c[nH]n3CCC#CC)c(N)c2c1=O. The Labute approximate surface area is 127 Å². The Morgan fingerprint density at radius 1 is 1.55 bits per heavy atom. The highest BCUT2D eigenvalue weighted by Gasteiger charge is 2.16. The van der Waals surface area contributed by atoms with Crippen molar-refractivity contribution in [1.82, 2.24) is 19.3 Å². The highest BCUT2D eigenvalue weighted by Crippen LogP contribution is 2.26. The monoisotopic (exact) mass is 295 g/mol. The summed E-state index contributed by atoms with van der Waals surface area (Å²) in [6.45, 7) is 6.61. The van der Waals surface area contributed by atoms with Crippen LogP contribution < -0.4 is 11.3 Å². The molecule has 0 atom stereocenters. The quantitative estimate of drug-likeness (QED) is 0.569. The van der Waals surface area contributed by atoms with Gasteiger partial charge in [-0.2, -0.15) is 0 Å². The van der Waals surface area contributed by atoms with Crippen LogP contribution >= 0.6 is 0 Å². The van der Waals surface area contributed by atoms with E-state index < -0.39 is 0 Å². The van der Waals surface area contributed by atoms with E-state index in [0.717, 1.165) is 17.5 Å². The Hall–Kier alpha value is -2.94. The van der Waals surface area contributed by atoms with Crippen LogP contribution in [0.2, 0.25) is 0 Å². The number of pyridine rings is 1. The predicted molar refractivity (Wildman–Crippen MR) is 88.5 cm³/mol. The van der Waals surface area contributed by atoms with E-state index in [-0.39, 0.29) is 5.56 Å². The molecule has 6 nitrogen and oxygen atoms in total. The third-order valence-corrected chi connectivity index (χ3v) is 3.62. The highest BCUT2D eigenvalue weighted by atomic mass is 16.1. The Balaban J connectivity index is 2.21. The summed E-state index contributed by atoms with van der Waals surface area (Å²) >= 11 is 0. The summed E-state index contributed by atoms with van der Waals surface area (Å²) in [6, 6.07) is 0. The van der Waals surface area contributed by atoms with Crippen LogP contribution in [0.5, 0.6) is 0 Å². The van der Waals surface area contributed by atoms with E-state index in [1.165, 1.54) is 0 Å². The summed E-state index contributed by atoms with van der Waals surface area (Å²) in [6.07, 6.45) is 5.90. The van der Waals surface area contributed by atoms with Gasteiger partial charge in [0.15, 0.2) is 5.65 Å². The molecule has 3 aromatic rings. The molecule has 0 fully saturated rings. The average molecular weight is 295 g/mol. The molecule has 112 valence electrons. The predicted octanol–water partition coefficient (Wildman–Crippen LogP) is 1.86. The third-order valence-electron chi connectivity index (χ3n) is 3.62. The zero-order valence-electron chi connectivity index (χ0n) is 12.4. The number of H-pyrrole nitrogens is 1. The number of fused-ring (bicyclic) bond motifs is 2. The van der Waals surface area contributed by atoms with Crippen LogP contribution in [0.4, 0.5) is 5.69 Å². The number of hydrogen-bond acceptors (Lipinski definition) is 3. The van der Waals surface area contributed by atoms with Crippen LogP contribution in [-0.2, 0) is 13.1 Å². The number of rotatable bonds is 4. The number of aromatic amines is 1. The number of anilines is 1. The number of nitrogens with two attached hydrogens (primary N) is 1. The van der Waals surface area contributed by atoms with Crippen LogP contribution in [0.25, 0.3) is 21.9 Å². The standard InChI is InChI=1S/C16H17N5O/c1-3-5-6-8-21-15-11(9-18-21)14(17)13-12(19-15)10-20(7-4-2)16(13)22/h4,9-10,18H,2,6-8,17H2,1H3. The van der Waals surface area contributed by atoms with E-state index in [0.29, 0.717) is 29.7 Å². The van der Waals surface area contributed by atoms with Crippen molar-refractivity contribution in [2.24, 2.45) is 0 Å². The van der Waals surface area contributed by atoms with Gasteiger partial charge in [0.2, 0.25) is 0 Å². The maximum absolute atomic E-state index is 12.4. The highest BCUT2D eigenvalue weighted by molar-refractivity contribution is 6.05. The van der Waals surface area contributed by atoms with E-state index in [9.17, 15) is 4.79 Å². The van der Waals surface area contributed by atoms with Crippen LogP contribution in [0.15, 0.2) is 29.8 Å². The van der Waals surface area contributed by atoms with E-state index in [2.05, 4.69) is 28.5 Å². The lowest BCUT2D eigenvalue weighted by Crippen LogP contribution is -2.13. The van der Waals surface area contributed by atoms with E-state index >= 15 is 0 Å². The largest absolute Gasteiger partial charge is 0.397 e. The topological polar surface area (TPSA) is 81.6 Å². The van der Waals surface area contributed by atoms with Gasteiger partial charge in [-0.3, -0.25) is 9.48 Å². The molecule has 0 aliphatic rings. The van der Waals surface area contributed by atoms with Crippen molar-refractivity contribution in [2.75, 3.05) is 5.73 Å². The molecule has 3 rings (SSSR count). The normalized spacial score (nSPS) is 10.8. The lowest BCUT2D eigenvalue weighted by atomic mass is 10.2. The number of nitrogens with one attached hydrogen (secondary N) is 1. The van der Waals surface area contributed by atoms with Crippen molar-refractivity contribution in [2.45, 2.75) is 26.4 Å². The maximum atomic E-state index is 12.4. The van der Waals surface area contributed by atoms with Crippen LogP contribution in [0.3, 0.4) is 0 Å². The molecule has 0 unspecified atom stereocenters. The van der Waals surface area contributed by atoms with Gasteiger partial charge >= 0.3 is 0 Å². The van der Waals surface area contributed by atoms with Gasteiger partial charge in [0.1, 0.15) is 0 Å². The Bertz CT molecular complexity index is 977. The summed E-state index contributed by atoms with van der Waals surface area (Å²) in [7, 11) is 0. The zero-order valence-corrected chi connectivity index (χ0v) is 12.4. The fourth-order valence-electron chi connectivity index (χ4n) is 2.58. The molecular weight excluding hydrogens is 278 g/mol. The number of aromatic nitrogens is 4. The van der Waals surface area contributed by atoms with Crippen LogP contribution in [0, 0.1) is 11.8 Å². The summed E-state index contributed by atoms with van der Waals surface area (Å²) in [4.78, 5) is 16.9. The first-order valence-electron chi connectivity index (χ1n) is 7.04. The fourth-order valence-corrected chi connectivity index (χ4v) is 2.58. The van der Waals surface area contributed by atoms with Crippen molar-refractivity contribution in [3.05, 3.63) is 35.4 Å². The molecule has 0 radical (unpaired) electrons. The first kappa shape index (κ1) is 14.0. The van der Waals surface area contributed by atoms with Crippen molar-refractivity contribution < 1.29 is 0 Å². The van der Waals surface area contributed by atoms with Crippen molar-refractivity contribution in [1.29, 1.82) is 0 Å². The van der Waals surface area contributed by atoms with E-state index in [1.807, 2.05) is 11.6 Å². The van der Waals surface area contributed by atoms with Gasteiger partial charge in [0.05, 0.1) is 28.5 Å². The fraction of sp³-hybridized carbons (Fsp3) is 0.250. The van der Waals surface area contributed by atoms with Crippen LogP contribution in [0.1, 0.15) is 13.3 Å². The number of hydrogen-bond donors (Lipinski definition) is 2. The second-order valence-corrected chi connectivity index (χ2v) is 5.00. The van der Waals surface area contributed by atoms with Gasteiger partial charge < -0.3 is 15.4 Å².